The van der Waals surface area contributed by atoms with Gasteiger partial charge in [0.2, 0.25) is 0 Å². The number of hydrogen-bond acceptors (Lipinski definition) is 6. The largest absolute Gasteiger partial charge is 0.503 e. The molecule has 0 radical (unpaired) electrons. The lowest BCUT2D eigenvalue weighted by Gasteiger charge is -2.26. The summed E-state index contributed by atoms with van der Waals surface area (Å²) in [4.78, 5) is 20.2. The SMILES string of the molecule is O=C(NC[C@H]1CC[C@H](c2noc(-c3ccc(C(F)(F)F)cn3)n2)CC1)c1cc(F)c(O)c(F)c1. The predicted molar refractivity (Wildman–Crippen MR) is 108 cm³/mol. The third-order valence-electron chi connectivity index (χ3n) is 5.79. The molecule has 2 N–H and O–H groups in total. The van der Waals surface area contributed by atoms with Gasteiger partial charge in [-0.3, -0.25) is 9.78 Å². The van der Waals surface area contributed by atoms with E-state index in [1.165, 1.54) is 6.07 Å². The molecule has 3 aromatic rings. The molecule has 1 fully saturated rings. The van der Waals surface area contributed by atoms with Crippen molar-refractivity contribution in [3.05, 3.63) is 59.0 Å². The molecule has 1 aliphatic carbocycles. The van der Waals surface area contributed by atoms with Crippen LogP contribution in [-0.2, 0) is 6.18 Å². The first-order valence-corrected chi connectivity index (χ1v) is 10.4. The summed E-state index contributed by atoms with van der Waals surface area (Å²) in [6.07, 6.45) is -0.929. The van der Waals surface area contributed by atoms with Crippen LogP contribution in [0.4, 0.5) is 22.0 Å². The van der Waals surface area contributed by atoms with Crippen molar-refractivity contribution >= 4 is 5.91 Å². The van der Waals surface area contributed by atoms with Crippen LogP contribution >= 0.6 is 0 Å². The second-order valence-electron chi connectivity index (χ2n) is 8.10. The van der Waals surface area contributed by atoms with E-state index in [-0.39, 0.29) is 29.0 Å². The van der Waals surface area contributed by atoms with Crippen LogP contribution < -0.4 is 5.32 Å². The number of pyridine rings is 1. The molecule has 2 heterocycles. The summed E-state index contributed by atoms with van der Waals surface area (Å²) in [6, 6.07) is 3.60. The quantitative estimate of drug-likeness (QED) is 0.505. The maximum atomic E-state index is 13.4. The highest BCUT2D eigenvalue weighted by Gasteiger charge is 2.31. The Bertz CT molecular complexity index is 1150. The summed E-state index contributed by atoms with van der Waals surface area (Å²) in [6.45, 7) is 0.308. The minimum absolute atomic E-state index is 0.0146. The second-order valence-corrected chi connectivity index (χ2v) is 8.10. The summed E-state index contributed by atoms with van der Waals surface area (Å²) in [5.41, 5.74) is -0.954. The molecule has 1 aromatic carbocycles. The van der Waals surface area contributed by atoms with Crippen LogP contribution in [0.3, 0.4) is 0 Å². The Kier molecular flexibility index (Phi) is 6.49. The molecule has 1 amide bonds. The van der Waals surface area contributed by atoms with Crippen LogP contribution in [0, 0.1) is 17.6 Å². The van der Waals surface area contributed by atoms with E-state index in [0.29, 0.717) is 31.4 Å². The minimum atomic E-state index is -4.49. The molecule has 34 heavy (non-hydrogen) atoms. The van der Waals surface area contributed by atoms with Gasteiger partial charge in [0, 0.05) is 24.2 Å². The Hall–Kier alpha value is -3.57. The average molecular weight is 482 g/mol. The maximum absolute atomic E-state index is 13.4. The highest BCUT2D eigenvalue weighted by Crippen LogP contribution is 2.35. The van der Waals surface area contributed by atoms with E-state index < -0.39 is 35.0 Å². The fraction of sp³-hybridized carbons (Fsp3) is 0.364. The summed E-state index contributed by atoms with van der Waals surface area (Å²) < 4.78 is 70.1. The molecule has 180 valence electrons. The fourth-order valence-electron chi connectivity index (χ4n) is 3.85. The van der Waals surface area contributed by atoms with Gasteiger partial charge in [-0.25, -0.2) is 8.78 Å². The number of alkyl halides is 3. The Morgan fingerprint density at radius 1 is 1.12 bits per heavy atom. The van der Waals surface area contributed by atoms with Crippen molar-refractivity contribution in [3.63, 3.8) is 0 Å². The van der Waals surface area contributed by atoms with E-state index in [9.17, 15) is 26.7 Å². The molecule has 1 saturated carbocycles. The number of phenolic OH excluding ortho intramolecular Hbond substituents is 1. The van der Waals surface area contributed by atoms with Crippen molar-refractivity contribution in [1.82, 2.24) is 20.4 Å². The standard InChI is InChI=1S/C22H19F5N4O3/c23-15-7-13(8-16(24)18(15)32)20(33)29-9-11-1-3-12(4-2-11)19-30-21(34-31-19)17-6-5-14(10-28-17)22(25,26)27/h5-8,10-12,32H,1-4,9H2,(H,29,33)/t11-,12-. The van der Waals surface area contributed by atoms with E-state index in [0.717, 1.165) is 31.0 Å². The molecule has 0 atom stereocenters. The highest BCUT2D eigenvalue weighted by molar-refractivity contribution is 5.94. The van der Waals surface area contributed by atoms with Crippen LogP contribution in [0.5, 0.6) is 5.75 Å². The monoisotopic (exact) mass is 482 g/mol. The van der Waals surface area contributed by atoms with Crippen molar-refractivity contribution in [3.8, 4) is 17.3 Å². The summed E-state index contributed by atoms with van der Waals surface area (Å²) in [5.74, 6) is -3.61. The first-order valence-electron chi connectivity index (χ1n) is 10.4. The number of amides is 1. The van der Waals surface area contributed by atoms with Gasteiger partial charge in [0.1, 0.15) is 5.69 Å². The molecule has 2 aromatic heterocycles. The van der Waals surface area contributed by atoms with Crippen LogP contribution in [0.2, 0.25) is 0 Å². The topological polar surface area (TPSA) is 101 Å². The molecule has 0 bridgehead atoms. The zero-order chi connectivity index (χ0) is 24.5. The average Bonchev–Trinajstić information content (AvgIpc) is 3.31. The molecule has 1 aliphatic rings. The van der Waals surface area contributed by atoms with Gasteiger partial charge in [0.05, 0.1) is 5.56 Å². The van der Waals surface area contributed by atoms with E-state index in [1.54, 1.807) is 0 Å². The lowest BCUT2D eigenvalue weighted by molar-refractivity contribution is -0.137. The van der Waals surface area contributed by atoms with Crippen molar-refractivity contribution in [1.29, 1.82) is 0 Å². The molecule has 0 aliphatic heterocycles. The van der Waals surface area contributed by atoms with Crippen LogP contribution in [0.15, 0.2) is 35.0 Å². The summed E-state index contributed by atoms with van der Waals surface area (Å²) in [5, 5.41) is 15.7. The van der Waals surface area contributed by atoms with Crippen LogP contribution in [0.1, 0.15) is 53.3 Å². The number of hydrogen-bond donors (Lipinski definition) is 2. The van der Waals surface area contributed by atoms with Gasteiger partial charge in [0.25, 0.3) is 11.8 Å². The number of halogens is 5. The summed E-state index contributed by atoms with van der Waals surface area (Å²) >= 11 is 0. The Morgan fingerprint density at radius 3 is 2.38 bits per heavy atom. The molecule has 0 saturated heterocycles. The van der Waals surface area contributed by atoms with Crippen molar-refractivity contribution < 1.29 is 36.4 Å². The normalized spacial score (nSPS) is 18.6. The van der Waals surface area contributed by atoms with Crippen LogP contribution in [-0.4, -0.2) is 32.7 Å². The Balaban J connectivity index is 1.30. The van der Waals surface area contributed by atoms with Crippen molar-refractivity contribution in [2.75, 3.05) is 6.54 Å². The third-order valence-corrected chi connectivity index (χ3v) is 5.79. The molecule has 4 rings (SSSR count). The number of nitrogens with zero attached hydrogens (tertiary/aromatic N) is 3. The van der Waals surface area contributed by atoms with E-state index >= 15 is 0 Å². The first-order chi connectivity index (χ1) is 16.1. The van der Waals surface area contributed by atoms with Crippen molar-refractivity contribution in [2.45, 2.75) is 37.8 Å². The number of benzene rings is 1. The molecular formula is C22H19F5N4O3. The first kappa shape index (κ1) is 23.6. The molecule has 0 spiro atoms. The predicted octanol–water partition coefficient (Wildman–Crippen LogP) is 4.84. The number of carbonyl (C=O) groups excluding carboxylic acids is 1. The Morgan fingerprint density at radius 2 is 1.79 bits per heavy atom. The van der Waals surface area contributed by atoms with E-state index in [2.05, 4.69) is 20.4 Å². The molecule has 7 nitrogen and oxygen atoms in total. The highest BCUT2D eigenvalue weighted by atomic mass is 19.4. The van der Waals surface area contributed by atoms with Gasteiger partial charge < -0.3 is 14.9 Å². The Labute approximate surface area is 190 Å². The van der Waals surface area contributed by atoms with Gasteiger partial charge in [-0.1, -0.05) is 5.16 Å². The van der Waals surface area contributed by atoms with Gasteiger partial charge in [0.15, 0.2) is 23.2 Å². The number of rotatable bonds is 5. The van der Waals surface area contributed by atoms with Crippen molar-refractivity contribution in [2.24, 2.45) is 5.92 Å². The van der Waals surface area contributed by atoms with Gasteiger partial charge in [-0.2, -0.15) is 18.2 Å². The smallest absolute Gasteiger partial charge is 0.417 e. The molecule has 12 heteroatoms. The summed E-state index contributed by atoms with van der Waals surface area (Å²) in [7, 11) is 0. The zero-order valence-electron chi connectivity index (χ0n) is 17.6. The van der Waals surface area contributed by atoms with Gasteiger partial charge in [-0.05, 0) is 55.9 Å². The molecular weight excluding hydrogens is 463 g/mol. The zero-order valence-corrected chi connectivity index (χ0v) is 17.6. The number of aromatic nitrogens is 3. The van der Waals surface area contributed by atoms with Crippen LogP contribution in [0.25, 0.3) is 11.6 Å². The third kappa shape index (κ3) is 5.15. The number of aromatic hydroxyl groups is 1. The molecule has 0 unspecified atom stereocenters. The minimum Gasteiger partial charge on any atom is -0.503 e. The fourth-order valence-corrected chi connectivity index (χ4v) is 3.85. The van der Waals surface area contributed by atoms with E-state index in [1.807, 2.05) is 0 Å². The van der Waals surface area contributed by atoms with E-state index in [4.69, 9.17) is 9.63 Å². The lowest BCUT2D eigenvalue weighted by Crippen LogP contribution is -2.31. The number of nitrogens with one attached hydrogen (secondary N) is 1. The lowest BCUT2D eigenvalue weighted by atomic mass is 9.81. The van der Waals surface area contributed by atoms with Gasteiger partial charge in [-0.15, -0.1) is 0 Å². The number of carbonyl (C=O) groups is 1. The van der Waals surface area contributed by atoms with Gasteiger partial charge >= 0.3 is 6.18 Å². The second kappa shape index (κ2) is 9.35. The maximum Gasteiger partial charge on any atom is 0.417 e. The number of phenols is 1.